The van der Waals surface area contributed by atoms with Gasteiger partial charge in [0.2, 0.25) is 5.91 Å². The van der Waals surface area contributed by atoms with Crippen LogP contribution < -0.4 is 11.1 Å². The highest BCUT2D eigenvalue weighted by molar-refractivity contribution is 6.02. The number of carbonyl (C=O) groups is 2. The summed E-state index contributed by atoms with van der Waals surface area (Å²) in [6.07, 6.45) is 0.944. The molecule has 9 heteroatoms. The Labute approximate surface area is 120 Å². The van der Waals surface area contributed by atoms with Gasteiger partial charge >= 0.3 is 0 Å². The highest BCUT2D eigenvalue weighted by atomic mass is 16.6. The van der Waals surface area contributed by atoms with E-state index in [1.165, 1.54) is 4.90 Å². The molecule has 0 aliphatic carbocycles. The lowest BCUT2D eigenvalue weighted by Gasteiger charge is -2.41. The molecule has 1 saturated heterocycles. The number of piperazine rings is 1. The van der Waals surface area contributed by atoms with Crippen LogP contribution in [0.15, 0.2) is 12.3 Å². The van der Waals surface area contributed by atoms with Gasteiger partial charge in [-0.2, -0.15) is 0 Å². The zero-order valence-corrected chi connectivity index (χ0v) is 11.6. The van der Waals surface area contributed by atoms with Crippen LogP contribution in [0.3, 0.4) is 0 Å². The summed E-state index contributed by atoms with van der Waals surface area (Å²) in [4.78, 5) is 39.7. The summed E-state index contributed by atoms with van der Waals surface area (Å²) >= 11 is 0. The zero-order valence-electron chi connectivity index (χ0n) is 11.6. The average Bonchev–Trinajstić information content (AvgIpc) is 2.40. The van der Waals surface area contributed by atoms with E-state index in [1.807, 2.05) is 0 Å². The molecule has 0 atom stereocenters. The first kappa shape index (κ1) is 14.7. The fourth-order valence-electron chi connectivity index (χ4n) is 2.18. The first-order valence-electron chi connectivity index (χ1n) is 6.25. The lowest BCUT2D eigenvalue weighted by atomic mass is 9.97. The highest BCUT2D eigenvalue weighted by Crippen LogP contribution is 2.26. The minimum absolute atomic E-state index is 0.00298. The normalized spacial score (nSPS) is 17.2. The number of aromatic nitrogens is 1. The lowest BCUT2D eigenvalue weighted by Crippen LogP contribution is -2.63. The fraction of sp³-hybridized carbons (Fsp3) is 0.417. The summed E-state index contributed by atoms with van der Waals surface area (Å²) in [5.41, 5.74) is 3.80. The van der Waals surface area contributed by atoms with E-state index in [4.69, 9.17) is 5.73 Å². The van der Waals surface area contributed by atoms with E-state index in [0.717, 1.165) is 12.3 Å². The molecular formula is C12H15N5O4. The van der Waals surface area contributed by atoms with Gasteiger partial charge in [-0.05, 0) is 19.9 Å². The van der Waals surface area contributed by atoms with Crippen molar-refractivity contribution in [1.29, 1.82) is 0 Å². The molecule has 1 aliphatic heterocycles. The molecule has 0 saturated carbocycles. The van der Waals surface area contributed by atoms with Crippen molar-refractivity contribution < 1.29 is 14.5 Å². The number of nitrogens with zero attached hydrogens (tertiary/aromatic N) is 3. The second-order valence-electron chi connectivity index (χ2n) is 5.16. The first-order valence-corrected chi connectivity index (χ1v) is 6.25. The molecule has 1 aromatic rings. The Morgan fingerprint density at radius 2 is 2.24 bits per heavy atom. The van der Waals surface area contributed by atoms with Gasteiger partial charge in [0.25, 0.3) is 11.6 Å². The molecule has 1 aliphatic rings. The van der Waals surface area contributed by atoms with Crippen molar-refractivity contribution in [3.63, 3.8) is 0 Å². The first-order chi connectivity index (χ1) is 9.75. The second kappa shape index (κ2) is 5.00. The van der Waals surface area contributed by atoms with Gasteiger partial charge in [0.05, 0.1) is 4.92 Å². The molecule has 9 nitrogen and oxygen atoms in total. The van der Waals surface area contributed by atoms with Crippen LogP contribution in [0, 0.1) is 10.1 Å². The van der Waals surface area contributed by atoms with Crippen molar-refractivity contribution in [2.75, 3.05) is 18.8 Å². The fourth-order valence-corrected chi connectivity index (χ4v) is 2.18. The number of rotatable bonds is 2. The Morgan fingerprint density at radius 3 is 2.86 bits per heavy atom. The summed E-state index contributed by atoms with van der Waals surface area (Å²) in [6.45, 7) is 3.71. The van der Waals surface area contributed by atoms with Crippen LogP contribution in [-0.2, 0) is 4.79 Å². The molecule has 1 aromatic heterocycles. The molecule has 2 rings (SSSR count). The van der Waals surface area contributed by atoms with Gasteiger partial charge in [0.1, 0.15) is 23.1 Å². The number of carbonyl (C=O) groups excluding carboxylic acids is 2. The third-order valence-electron chi connectivity index (χ3n) is 3.43. The van der Waals surface area contributed by atoms with Crippen LogP contribution >= 0.6 is 0 Å². The van der Waals surface area contributed by atoms with E-state index in [0.29, 0.717) is 6.54 Å². The minimum atomic E-state index is -1.10. The molecule has 0 bridgehead atoms. The standard InChI is InChI=1S/C12H15N5O4/c1-12(2)11(19)14-3-4-16(12)10(18)7-5-9(13)15-6-8(7)17(20)21/h5-6H,3-4H2,1-2H3,(H2,13,15)(H,14,19). The summed E-state index contributed by atoms with van der Waals surface area (Å²) in [5.74, 6) is -0.925. The molecule has 21 heavy (non-hydrogen) atoms. The zero-order chi connectivity index (χ0) is 15.8. The molecule has 2 heterocycles. The van der Waals surface area contributed by atoms with Gasteiger partial charge in [0, 0.05) is 13.1 Å². The minimum Gasteiger partial charge on any atom is -0.384 e. The molecule has 0 unspecified atom stereocenters. The Morgan fingerprint density at radius 1 is 1.57 bits per heavy atom. The summed E-state index contributed by atoms with van der Waals surface area (Å²) in [7, 11) is 0. The summed E-state index contributed by atoms with van der Waals surface area (Å²) in [5, 5.41) is 13.7. The third kappa shape index (κ3) is 2.49. The maximum absolute atomic E-state index is 12.6. The van der Waals surface area contributed by atoms with Gasteiger partial charge in [0.15, 0.2) is 0 Å². The lowest BCUT2D eigenvalue weighted by molar-refractivity contribution is -0.385. The SMILES string of the molecule is CC1(C)C(=O)NCCN1C(=O)c1cc(N)ncc1[N+](=O)[O-]. The number of anilines is 1. The van der Waals surface area contributed by atoms with Gasteiger partial charge in [-0.1, -0.05) is 0 Å². The van der Waals surface area contributed by atoms with E-state index in [1.54, 1.807) is 13.8 Å². The van der Waals surface area contributed by atoms with Gasteiger partial charge < -0.3 is 16.0 Å². The number of amides is 2. The molecule has 1 fully saturated rings. The maximum atomic E-state index is 12.6. The second-order valence-corrected chi connectivity index (χ2v) is 5.16. The maximum Gasteiger partial charge on any atom is 0.300 e. The Bertz CT molecular complexity index is 628. The Kier molecular flexibility index (Phi) is 3.50. The van der Waals surface area contributed by atoms with Crippen molar-refractivity contribution in [1.82, 2.24) is 15.2 Å². The molecule has 0 aromatic carbocycles. The number of nitrogens with two attached hydrogens (primary N) is 1. The van der Waals surface area contributed by atoms with Crippen LogP contribution in [0.25, 0.3) is 0 Å². The number of nitro groups is 1. The quantitative estimate of drug-likeness (QED) is 0.579. The predicted octanol–water partition coefficient (Wildman–Crippen LogP) is -0.0774. The molecule has 0 radical (unpaired) electrons. The van der Waals surface area contributed by atoms with Crippen LogP contribution in [0.2, 0.25) is 0 Å². The Balaban J connectivity index is 2.47. The Hall–Kier alpha value is -2.71. The number of hydrogen-bond acceptors (Lipinski definition) is 6. The van der Waals surface area contributed by atoms with E-state index < -0.39 is 22.1 Å². The van der Waals surface area contributed by atoms with Crippen molar-refractivity contribution in [3.05, 3.63) is 27.9 Å². The average molecular weight is 293 g/mol. The highest BCUT2D eigenvalue weighted by Gasteiger charge is 2.42. The van der Waals surface area contributed by atoms with Crippen molar-refractivity contribution in [2.24, 2.45) is 0 Å². The van der Waals surface area contributed by atoms with E-state index in [-0.39, 0.29) is 23.8 Å². The number of nitrogen functional groups attached to an aromatic ring is 1. The van der Waals surface area contributed by atoms with Crippen LogP contribution in [0.5, 0.6) is 0 Å². The van der Waals surface area contributed by atoms with Gasteiger partial charge in [-0.25, -0.2) is 4.98 Å². The van der Waals surface area contributed by atoms with Crippen LogP contribution in [0.4, 0.5) is 11.5 Å². The smallest absolute Gasteiger partial charge is 0.300 e. The predicted molar refractivity (Wildman–Crippen MR) is 73.4 cm³/mol. The van der Waals surface area contributed by atoms with E-state index >= 15 is 0 Å². The van der Waals surface area contributed by atoms with Gasteiger partial charge in [-0.3, -0.25) is 19.7 Å². The largest absolute Gasteiger partial charge is 0.384 e. The molecule has 3 N–H and O–H groups in total. The van der Waals surface area contributed by atoms with Crippen LogP contribution in [0.1, 0.15) is 24.2 Å². The van der Waals surface area contributed by atoms with Crippen molar-refractivity contribution >= 4 is 23.3 Å². The molecular weight excluding hydrogens is 278 g/mol. The molecule has 2 amide bonds. The number of nitrogens with one attached hydrogen (secondary N) is 1. The molecule has 0 spiro atoms. The van der Waals surface area contributed by atoms with Crippen molar-refractivity contribution in [2.45, 2.75) is 19.4 Å². The topological polar surface area (TPSA) is 131 Å². The van der Waals surface area contributed by atoms with E-state index in [2.05, 4.69) is 10.3 Å². The van der Waals surface area contributed by atoms with E-state index in [9.17, 15) is 19.7 Å². The monoisotopic (exact) mass is 293 g/mol. The summed E-state index contributed by atoms with van der Waals surface area (Å²) < 4.78 is 0. The summed E-state index contributed by atoms with van der Waals surface area (Å²) in [6, 6.07) is 1.16. The van der Waals surface area contributed by atoms with Crippen molar-refractivity contribution in [3.8, 4) is 0 Å². The molecule has 112 valence electrons. The van der Waals surface area contributed by atoms with Gasteiger partial charge in [-0.15, -0.1) is 0 Å². The number of pyridine rings is 1. The van der Waals surface area contributed by atoms with Crippen LogP contribution in [-0.4, -0.2) is 45.2 Å². The number of hydrogen-bond donors (Lipinski definition) is 2. The third-order valence-corrected chi connectivity index (χ3v) is 3.43.